The van der Waals surface area contributed by atoms with Crippen molar-refractivity contribution in [2.45, 2.75) is 24.8 Å². The van der Waals surface area contributed by atoms with E-state index in [9.17, 15) is 13.2 Å². The second kappa shape index (κ2) is 6.65. The van der Waals surface area contributed by atoms with Crippen LogP contribution in [-0.4, -0.2) is 46.9 Å². The fourth-order valence-electron chi connectivity index (χ4n) is 1.72. The first kappa shape index (κ1) is 17.4. The molecule has 0 spiro atoms. The molecule has 8 nitrogen and oxygen atoms in total. The molecule has 0 saturated carbocycles. The van der Waals surface area contributed by atoms with E-state index in [1.54, 1.807) is 13.8 Å². The zero-order chi connectivity index (χ0) is 17.2. The largest absolute Gasteiger partial charge is 0.291 e. The Morgan fingerprint density at radius 3 is 2.65 bits per heavy atom. The maximum atomic E-state index is 12.5. The Morgan fingerprint density at radius 1 is 1.39 bits per heavy atom. The molecule has 2 rings (SSSR count). The van der Waals surface area contributed by atoms with Crippen LogP contribution in [0.3, 0.4) is 0 Å². The van der Waals surface area contributed by atoms with Crippen molar-refractivity contribution < 1.29 is 13.2 Å². The maximum Gasteiger partial charge on any atom is 0.259 e. The molecule has 124 valence electrons. The van der Waals surface area contributed by atoms with Gasteiger partial charge in [-0.2, -0.15) is 14.4 Å². The van der Waals surface area contributed by atoms with Gasteiger partial charge in [0.1, 0.15) is 6.33 Å². The molecule has 2 N–H and O–H groups in total. The number of aromatic amines is 1. The van der Waals surface area contributed by atoms with E-state index < -0.39 is 15.9 Å². The third-order valence-corrected chi connectivity index (χ3v) is 5.59. The predicted molar refractivity (Wildman–Crippen MR) is 85.9 cm³/mol. The average molecular weight is 358 g/mol. The number of carbonyl (C=O) groups is 1. The fraction of sp³-hybridized carbons (Fsp3) is 0.308. The van der Waals surface area contributed by atoms with Gasteiger partial charge in [-0.15, -0.1) is 0 Å². The van der Waals surface area contributed by atoms with Crippen LogP contribution in [0.4, 0.5) is 5.95 Å². The highest BCUT2D eigenvalue weighted by Crippen LogP contribution is 2.24. The molecule has 0 unspecified atom stereocenters. The quantitative estimate of drug-likeness (QED) is 0.847. The van der Waals surface area contributed by atoms with E-state index in [-0.39, 0.29) is 27.5 Å². The molecule has 1 amide bonds. The molecular formula is C13H16ClN5O3S. The van der Waals surface area contributed by atoms with Crippen molar-refractivity contribution >= 4 is 33.5 Å². The summed E-state index contributed by atoms with van der Waals surface area (Å²) in [6.45, 7) is 3.51. The summed E-state index contributed by atoms with van der Waals surface area (Å²) in [5, 5.41) is 8.66. The summed E-state index contributed by atoms with van der Waals surface area (Å²) in [6.07, 6.45) is 1.23. The standard InChI is InChI=1S/C13H16ClN5O3S/c1-8(2)19(3)23(21,22)9-4-5-11(14)10(6-9)12(20)17-13-15-7-16-18-13/h4-8H,1-3H3,(H2,15,16,17,18,20). The highest BCUT2D eigenvalue weighted by atomic mass is 35.5. The molecule has 2 aromatic rings. The molecule has 0 atom stereocenters. The van der Waals surface area contributed by atoms with Gasteiger partial charge in [0.05, 0.1) is 15.5 Å². The summed E-state index contributed by atoms with van der Waals surface area (Å²) in [7, 11) is -2.24. The number of sulfonamides is 1. The zero-order valence-electron chi connectivity index (χ0n) is 12.7. The fourth-order valence-corrected chi connectivity index (χ4v) is 3.32. The Balaban J connectivity index is 2.38. The van der Waals surface area contributed by atoms with Crippen molar-refractivity contribution in [2.75, 3.05) is 12.4 Å². The van der Waals surface area contributed by atoms with Gasteiger partial charge >= 0.3 is 0 Å². The highest BCUT2D eigenvalue weighted by molar-refractivity contribution is 7.89. The molecule has 0 saturated heterocycles. The van der Waals surface area contributed by atoms with Gasteiger partial charge in [-0.05, 0) is 32.0 Å². The normalized spacial score (nSPS) is 11.9. The molecule has 0 aliphatic rings. The van der Waals surface area contributed by atoms with Crippen LogP contribution in [0.5, 0.6) is 0 Å². The molecule has 23 heavy (non-hydrogen) atoms. The Kier molecular flexibility index (Phi) is 5.03. The van der Waals surface area contributed by atoms with Gasteiger partial charge in [-0.3, -0.25) is 10.1 Å². The SMILES string of the molecule is CC(C)N(C)S(=O)(=O)c1ccc(Cl)c(C(=O)Nc2ncn[nH]2)c1. The number of nitrogens with zero attached hydrogens (tertiary/aromatic N) is 3. The lowest BCUT2D eigenvalue weighted by molar-refractivity contribution is 0.102. The second-order valence-corrected chi connectivity index (χ2v) is 7.45. The first-order chi connectivity index (χ1) is 10.7. The number of H-pyrrole nitrogens is 1. The van der Waals surface area contributed by atoms with E-state index in [1.165, 1.54) is 35.9 Å². The number of benzene rings is 1. The highest BCUT2D eigenvalue weighted by Gasteiger charge is 2.25. The van der Waals surface area contributed by atoms with E-state index in [4.69, 9.17) is 11.6 Å². The minimum absolute atomic E-state index is 0.0131. The van der Waals surface area contributed by atoms with Crippen LogP contribution >= 0.6 is 11.6 Å². The number of nitrogens with one attached hydrogen (secondary N) is 2. The van der Waals surface area contributed by atoms with Gasteiger partial charge in [0.15, 0.2) is 0 Å². The molecule has 1 heterocycles. The van der Waals surface area contributed by atoms with Crippen LogP contribution in [0.25, 0.3) is 0 Å². The lowest BCUT2D eigenvalue weighted by Crippen LogP contribution is -2.33. The number of aromatic nitrogens is 3. The van der Waals surface area contributed by atoms with E-state index in [2.05, 4.69) is 20.5 Å². The van der Waals surface area contributed by atoms with E-state index in [0.717, 1.165) is 0 Å². The summed E-state index contributed by atoms with van der Waals surface area (Å²) >= 11 is 6.01. The summed E-state index contributed by atoms with van der Waals surface area (Å²) in [5.41, 5.74) is 0.0290. The molecule has 0 aliphatic heterocycles. The van der Waals surface area contributed by atoms with Gasteiger partial charge in [0.2, 0.25) is 16.0 Å². The van der Waals surface area contributed by atoms with Crippen molar-refractivity contribution in [1.29, 1.82) is 0 Å². The number of halogens is 1. The lowest BCUT2D eigenvalue weighted by atomic mass is 10.2. The van der Waals surface area contributed by atoms with Gasteiger partial charge in [0.25, 0.3) is 5.91 Å². The van der Waals surface area contributed by atoms with Crippen LogP contribution in [0.15, 0.2) is 29.4 Å². The Labute approximate surface area is 138 Å². The van der Waals surface area contributed by atoms with Crippen molar-refractivity contribution in [1.82, 2.24) is 19.5 Å². The summed E-state index contributed by atoms with van der Waals surface area (Å²) in [5.74, 6) is -0.449. The smallest absolute Gasteiger partial charge is 0.259 e. The third-order valence-electron chi connectivity index (χ3n) is 3.23. The first-order valence-electron chi connectivity index (χ1n) is 6.67. The van der Waals surface area contributed by atoms with E-state index in [0.29, 0.717) is 0 Å². The summed E-state index contributed by atoms with van der Waals surface area (Å²) in [6, 6.07) is 3.75. The topological polar surface area (TPSA) is 108 Å². The Morgan fingerprint density at radius 2 is 2.09 bits per heavy atom. The minimum atomic E-state index is -3.71. The number of anilines is 1. The molecule has 0 bridgehead atoms. The molecule has 1 aromatic carbocycles. The van der Waals surface area contributed by atoms with Crippen molar-refractivity contribution in [3.8, 4) is 0 Å². The van der Waals surface area contributed by atoms with Crippen molar-refractivity contribution in [3.05, 3.63) is 35.1 Å². The Bertz CT molecular complexity index is 805. The second-order valence-electron chi connectivity index (χ2n) is 5.04. The van der Waals surface area contributed by atoms with Crippen LogP contribution < -0.4 is 5.32 Å². The van der Waals surface area contributed by atoms with Crippen LogP contribution in [0.2, 0.25) is 5.02 Å². The monoisotopic (exact) mass is 357 g/mol. The van der Waals surface area contributed by atoms with Crippen molar-refractivity contribution in [2.24, 2.45) is 0 Å². The number of carbonyl (C=O) groups excluding carboxylic acids is 1. The van der Waals surface area contributed by atoms with Crippen LogP contribution in [-0.2, 0) is 10.0 Å². The zero-order valence-corrected chi connectivity index (χ0v) is 14.3. The Hall–Kier alpha value is -1.97. The van der Waals surface area contributed by atoms with Gasteiger partial charge < -0.3 is 0 Å². The number of rotatable bonds is 5. The molecule has 10 heteroatoms. The van der Waals surface area contributed by atoms with Gasteiger partial charge in [-0.1, -0.05) is 11.6 Å². The lowest BCUT2D eigenvalue weighted by Gasteiger charge is -2.21. The third kappa shape index (κ3) is 3.69. The summed E-state index contributed by atoms with van der Waals surface area (Å²) < 4.78 is 26.2. The number of hydrogen-bond donors (Lipinski definition) is 2. The van der Waals surface area contributed by atoms with E-state index >= 15 is 0 Å². The summed E-state index contributed by atoms with van der Waals surface area (Å²) in [4.78, 5) is 16.0. The van der Waals surface area contributed by atoms with Crippen molar-refractivity contribution in [3.63, 3.8) is 0 Å². The van der Waals surface area contributed by atoms with Gasteiger partial charge in [-0.25, -0.2) is 13.5 Å². The molecular weight excluding hydrogens is 342 g/mol. The van der Waals surface area contributed by atoms with Crippen LogP contribution in [0, 0.1) is 0 Å². The van der Waals surface area contributed by atoms with Gasteiger partial charge in [0, 0.05) is 13.1 Å². The minimum Gasteiger partial charge on any atom is -0.291 e. The molecule has 0 fully saturated rings. The number of hydrogen-bond acceptors (Lipinski definition) is 5. The molecule has 0 aliphatic carbocycles. The first-order valence-corrected chi connectivity index (χ1v) is 8.49. The van der Waals surface area contributed by atoms with E-state index in [1.807, 2.05) is 0 Å². The predicted octanol–water partition coefficient (Wildman–Crippen LogP) is 1.74. The molecule has 1 aromatic heterocycles. The molecule has 0 radical (unpaired) electrons. The number of amides is 1. The average Bonchev–Trinajstić information content (AvgIpc) is 2.99. The van der Waals surface area contributed by atoms with Crippen LogP contribution in [0.1, 0.15) is 24.2 Å². The maximum absolute atomic E-state index is 12.5.